The van der Waals surface area contributed by atoms with Gasteiger partial charge in [-0.25, -0.2) is 4.98 Å². The summed E-state index contributed by atoms with van der Waals surface area (Å²) in [5, 5.41) is 7.14. The Morgan fingerprint density at radius 3 is 3.00 bits per heavy atom. The molecule has 0 unspecified atom stereocenters. The van der Waals surface area contributed by atoms with E-state index < -0.39 is 0 Å². The van der Waals surface area contributed by atoms with E-state index in [0.717, 1.165) is 17.8 Å². The van der Waals surface area contributed by atoms with Gasteiger partial charge in [-0.2, -0.15) is 5.10 Å². The van der Waals surface area contributed by atoms with Crippen LogP contribution in [-0.4, -0.2) is 31.6 Å². The van der Waals surface area contributed by atoms with Crippen LogP contribution in [0.4, 0.5) is 0 Å². The fourth-order valence-electron chi connectivity index (χ4n) is 2.30. The Hall–Kier alpha value is -1.69. The van der Waals surface area contributed by atoms with Crippen LogP contribution in [0.5, 0.6) is 0 Å². The van der Waals surface area contributed by atoms with Crippen molar-refractivity contribution in [3.8, 4) is 0 Å². The Kier molecular flexibility index (Phi) is 3.82. The van der Waals surface area contributed by atoms with Gasteiger partial charge in [-0.05, 0) is 18.9 Å². The van der Waals surface area contributed by atoms with Gasteiger partial charge >= 0.3 is 0 Å². The number of aromatic nitrogens is 3. The Morgan fingerprint density at radius 1 is 1.55 bits per heavy atom. The van der Waals surface area contributed by atoms with Crippen LogP contribution in [0, 0.1) is 5.92 Å². The minimum absolute atomic E-state index is 0.0598. The first-order chi connectivity index (χ1) is 9.74. The van der Waals surface area contributed by atoms with E-state index in [2.05, 4.69) is 10.1 Å². The van der Waals surface area contributed by atoms with Crippen LogP contribution in [0.2, 0.25) is 0 Å². The minimum atomic E-state index is -0.0598. The quantitative estimate of drug-likeness (QED) is 0.819. The summed E-state index contributed by atoms with van der Waals surface area (Å²) in [6, 6.07) is 2.29. The number of carbonyl (C=O) groups excluding carboxylic acids is 1. The SMILES string of the molecule is C[C@H](Cn1cccn1)C(=O)N(Cc1nccs1)C1CC1. The number of nitrogens with zero attached hydrogens (tertiary/aromatic N) is 4. The second-order valence-electron chi connectivity index (χ2n) is 5.25. The summed E-state index contributed by atoms with van der Waals surface area (Å²) >= 11 is 1.61. The first kappa shape index (κ1) is 13.3. The number of hydrogen-bond donors (Lipinski definition) is 0. The summed E-state index contributed by atoms with van der Waals surface area (Å²) in [4.78, 5) is 18.9. The van der Waals surface area contributed by atoms with Gasteiger partial charge in [0.25, 0.3) is 0 Å². The minimum Gasteiger partial charge on any atom is -0.333 e. The molecule has 20 heavy (non-hydrogen) atoms. The van der Waals surface area contributed by atoms with Crippen molar-refractivity contribution < 1.29 is 4.79 Å². The lowest BCUT2D eigenvalue weighted by Crippen LogP contribution is -2.38. The van der Waals surface area contributed by atoms with Crippen molar-refractivity contribution in [2.75, 3.05) is 0 Å². The Balaban J connectivity index is 1.65. The molecule has 1 fully saturated rings. The monoisotopic (exact) mass is 290 g/mol. The molecule has 1 amide bonds. The Labute approximate surface area is 122 Å². The molecule has 0 saturated heterocycles. The first-order valence-corrected chi connectivity index (χ1v) is 7.78. The van der Waals surface area contributed by atoms with Crippen molar-refractivity contribution in [3.63, 3.8) is 0 Å². The number of hydrogen-bond acceptors (Lipinski definition) is 4. The van der Waals surface area contributed by atoms with Crippen molar-refractivity contribution in [3.05, 3.63) is 35.0 Å². The highest BCUT2D eigenvalue weighted by molar-refractivity contribution is 7.09. The predicted molar refractivity (Wildman–Crippen MR) is 77.1 cm³/mol. The molecule has 2 heterocycles. The third-order valence-electron chi connectivity index (χ3n) is 3.50. The summed E-state index contributed by atoms with van der Waals surface area (Å²) in [6.45, 7) is 3.25. The van der Waals surface area contributed by atoms with Crippen LogP contribution >= 0.6 is 11.3 Å². The summed E-state index contributed by atoms with van der Waals surface area (Å²) < 4.78 is 1.82. The predicted octanol–water partition coefficient (Wildman–Crippen LogP) is 2.17. The first-order valence-electron chi connectivity index (χ1n) is 6.90. The van der Waals surface area contributed by atoms with Crippen LogP contribution < -0.4 is 0 Å². The second kappa shape index (κ2) is 5.75. The fourth-order valence-corrected chi connectivity index (χ4v) is 2.91. The highest BCUT2D eigenvalue weighted by Crippen LogP contribution is 2.30. The van der Waals surface area contributed by atoms with Crippen LogP contribution in [0.15, 0.2) is 30.0 Å². The van der Waals surface area contributed by atoms with E-state index in [9.17, 15) is 4.79 Å². The van der Waals surface area contributed by atoms with Gasteiger partial charge in [-0.1, -0.05) is 6.92 Å². The van der Waals surface area contributed by atoms with Gasteiger partial charge in [-0.3, -0.25) is 9.48 Å². The van der Waals surface area contributed by atoms with Crippen LogP contribution in [-0.2, 0) is 17.9 Å². The maximum absolute atomic E-state index is 12.6. The van der Waals surface area contributed by atoms with Gasteiger partial charge in [0.2, 0.25) is 5.91 Å². The van der Waals surface area contributed by atoms with Gasteiger partial charge in [0, 0.05) is 30.0 Å². The van der Waals surface area contributed by atoms with Crippen molar-refractivity contribution in [1.29, 1.82) is 0 Å². The number of rotatable bonds is 6. The number of thiazole rings is 1. The lowest BCUT2D eigenvalue weighted by atomic mass is 10.1. The molecule has 2 aromatic heterocycles. The molecule has 1 aliphatic rings. The smallest absolute Gasteiger partial charge is 0.227 e. The molecule has 6 heteroatoms. The second-order valence-corrected chi connectivity index (χ2v) is 6.23. The zero-order chi connectivity index (χ0) is 13.9. The molecule has 0 radical (unpaired) electrons. The molecule has 3 rings (SSSR count). The van der Waals surface area contributed by atoms with Gasteiger partial charge in [0.1, 0.15) is 5.01 Å². The van der Waals surface area contributed by atoms with Gasteiger partial charge < -0.3 is 4.90 Å². The van der Waals surface area contributed by atoms with Crippen molar-refractivity contribution in [2.45, 2.75) is 38.9 Å². The molecule has 1 saturated carbocycles. The van der Waals surface area contributed by atoms with E-state index >= 15 is 0 Å². The molecule has 1 atom stereocenters. The molecule has 0 N–H and O–H groups in total. The molecular formula is C14H18N4OS. The Bertz CT molecular complexity index is 548. The molecule has 106 valence electrons. The third-order valence-corrected chi connectivity index (χ3v) is 4.27. The molecule has 0 aromatic carbocycles. The van der Waals surface area contributed by atoms with E-state index in [1.807, 2.05) is 34.1 Å². The molecule has 0 aliphatic heterocycles. The van der Waals surface area contributed by atoms with E-state index in [4.69, 9.17) is 0 Å². The van der Waals surface area contributed by atoms with Crippen molar-refractivity contribution in [1.82, 2.24) is 19.7 Å². The Morgan fingerprint density at radius 2 is 2.40 bits per heavy atom. The largest absolute Gasteiger partial charge is 0.333 e. The highest BCUT2D eigenvalue weighted by Gasteiger charge is 2.35. The lowest BCUT2D eigenvalue weighted by molar-refractivity contribution is -0.136. The average molecular weight is 290 g/mol. The molecule has 2 aromatic rings. The molecule has 0 spiro atoms. The molecular weight excluding hydrogens is 272 g/mol. The van der Waals surface area contributed by atoms with Gasteiger partial charge in [0.15, 0.2) is 0 Å². The number of carbonyl (C=O) groups is 1. The van der Waals surface area contributed by atoms with Crippen LogP contribution in [0.25, 0.3) is 0 Å². The highest BCUT2D eigenvalue weighted by atomic mass is 32.1. The fraction of sp³-hybridized carbons (Fsp3) is 0.500. The van der Waals surface area contributed by atoms with Crippen molar-refractivity contribution >= 4 is 17.2 Å². The van der Waals surface area contributed by atoms with Crippen LogP contribution in [0.3, 0.4) is 0 Å². The van der Waals surface area contributed by atoms with Gasteiger partial charge in [-0.15, -0.1) is 11.3 Å². The zero-order valence-electron chi connectivity index (χ0n) is 11.5. The third kappa shape index (κ3) is 3.07. The lowest BCUT2D eigenvalue weighted by Gasteiger charge is -2.25. The summed E-state index contributed by atoms with van der Waals surface area (Å²) in [6.07, 6.45) is 7.66. The van der Waals surface area contributed by atoms with Crippen molar-refractivity contribution in [2.24, 2.45) is 5.92 Å². The van der Waals surface area contributed by atoms with E-state index in [-0.39, 0.29) is 11.8 Å². The molecule has 1 aliphatic carbocycles. The summed E-state index contributed by atoms with van der Waals surface area (Å²) in [7, 11) is 0. The molecule has 0 bridgehead atoms. The maximum Gasteiger partial charge on any atom is 0.227 e. The van der Waals surface area contributed by atoms with E-state index in [1.54, 1.807) is 23.7 Å². The van der Waals surface area contributed by atoms with Crippen LogP contribution in [0.1, 0.15) is 24.8 Å². The average Bonchev–Trinajstić information content (AvgIpc) is 2.92. The van der Waals surface area contributed by atoms with E-state index in [0.29, 0.717) is 19.1 Å². The maximum atomic E-state index is 12.6. The topological polar surface area (TPSA) is 51.0 Å². The van der Waals surface area contributed by atoms with Gasteiger partial charge in [0.05, 0.1) is 19.0 Å². The normalized spacial score (nSPS) is 16.1. The summed E-state index contributed by atoms with van der Waals surface area (Å²) in [5.74, 6) is 0.147. The summed E-state index contributed by atoms with van der Waals surface area (Å²) in [5.41, 5.74) is 0. The van der Waals surface area contributed by atoms with E-state index in [1.165, 1.54) is 0 Å². The zero-order valence-corrected chi connectivity index (χ0v) is 12.3. The molecule has 5 nitrogen and oxygen atoms in total. The standard InChI is InChI=1S/C14H18N4OS/c1-11(9-17-7-2-5-16-17)14(19)18(12-3-4-12)10-13-15-6-8-20-13/h2,5-8,11-12H,3-4,9-10H2,1H3/t11-/m1/s1. The number of amides is 1.